The zero-order chi connectivity index (χ0) is 28.4. The molecule has 2 aromatic heterocycles. The summed E-state index contributed by atoms with van der Waals surface area (Å²) in [5, 5.41) is 36.7. The standard InChI is InChI=1S/C26H30N6O6S/c1-16(2)39(36,37)20-10-6-17(7-11-20)21-12-28-23(27)22(29-21)25-31-30-24(38-25)18-4-8-19(9-5-18)32(3)26(13-33,14-34)15-35/h4-12,16,33-35H,13-15H2,1-3H3,(H2,27,28). The predicted octanol–water partition coefficient (Wildman–Crippen LogP) is 1.78. The molecule has 0 amide bonds. The van der Waals surface area contributed by atoms with E-state index < -0.39 is 40.4 Å². The molecule has 206 valence electrons. The molecular formula is C26H30N6O6S. The SMILES string of the molecule is CC(C)S(=O)(=O)c1ccc(-c2cnc(N)c(-c3nnc(-c4ccc(N(C)C(CO)(CO)CO)cc4)o3)n2)cc1. The molecule has 2 heterocycles. The number of hydrogen-bond donors (Lipinski definition) is 4. The van der Waals surface area contributed by atoms with Crippen LogP contribution in [-0.2, 0) is 9.84 Å². The summed E-state index contributed by atoms with van der Waals surface area (Å²) < 4.78 is 30.7. The highest BCUT2D eigenvalue weighted by atomic mass is 32.2. The molecule has 0 fully saturated rings. The highest BCUT2D eigenvalue weighted by Gasteiger charge is 2.33. The molecular weight excluding hydrogens is 524 g/mol. The monoisotopic (exact) mass is 554 g/mol. The third kappa shape index (κ3) is 5.34. The van der Waals surface area contributed by atoms with Gasteiger partial charge in [-0.2, -0.15) is 0 Å². The predicted molar refractivity (Wildman–Crippen MR) is 145 cm³/mol. The van der Waals surface area contributed by atoms with E-state index in [0.29, 0.717) is 22.5 Å². The number of sulfone groups is 1. The highest BCUT2D eigenvalue weighted by molar-refractivity contribution is 7.92. The van der Waals surface area contributed by atoms with Gasteiger partial charge in [0.25, 0.3) is 5.89 Å². The van der Waals surface area contributed by atoms with Crippen molar-refractivity contribution in [1.29, 1.82) is 0 Å². The first kappa shape index (κ1) is 28.1. The molecule has 12 nitrogen and oxygen atoms in total. The van der Waals surface area contributed by atoms with Crippen LogP contribution in [0.15, 0.2) is 64.0 Å². The summed E-state index contributed by atoms with van der Waals surface area (Å²) >= 11 is 0. The number of likely N-dealkylation sites (N-methyl/N-ethyl adjacent to an activating group) is 1. The number of aliphatic hydroxyl groups is 3. The van der Waals surface area contributed by atoms with E-state index in [-0.39, 0.29) is 28.2 Å². The van der Waals surface area contributed by atoms with E-state index >= 15 is 0 Å². The molecule has 4 aromatic rings. The van der Waals surface area contributed by atoms with Crippen molar-refractivity contribution in [2.24, 2.45) is 0 Å². The Morgan fingerprint density at radius 2 is 1.49 bits per heavy atom. The van der Waals surface area contributed by atoms with Gasteiger partial charge in [-0.3, -0.25) is 0 Å². The van der Waals surface area contributed by atoms with Crippen LogP contribution in [-0.4, -0.2) is 81.6 Å². The Morgan fingerprint density at radius 1 is 0.923 bits per heavy atom. The van der Waals surface area contributed by atoms with Gasteiger partial charge in [-0.15, -0.1) is 10.2 Å². The molecule has 5 N–H and O–H groups in total. The molecule has 0 atom stereocenters. The van der Waals surface area contributed by atoms with Gasteiger partial charge in [0.2, 0.25) is 5.89 Å². The van der Waals surface area contributed by atoms with E-state index in [9.17, 15) is 23.7 Å². The first-order chi connectivity index (χ1) is 18.6. The van der Waals surface area contributed by atoms with E-state index in [1.165, 1.54) is 18.3 Å². The molecule has 2 aromatic carbocycles. The molecule has 4 rings (SSSR count). The normalized spacial score (nSPS) is 12.2. The Kier molecular flexibility index (Phi) is 7.97. The number of aliphatic hydroxyl groups excluding tert-OH is 3. The van der Waals surface area contributed by atoms with E-state index in [4.69, 9.17) is 10.2 Å². The maximum atomic E-state index is 12.4. The lowest BCUT2D eigenvalue weighted by atomic mass is 10.00. The number of anilines is 2. The van der Waals surface area contributed by atoms with Gasteiger partial charge >= 0.3 is 0 Å². The van der Waals surface area contributed by atoms with Crippen molar-refractivity contribution in [3.63, 3.8) is 0 Å². The topological polar surface area (TPSA) is 189 Å². The van der Waals surface area contributed by atoms with Crippen LogP contribution < -0.4 is 10.6 Å². The van der Waals surface area contributed by atoms with Crippen molar-refractivity contribution < 1.29 is 28.2 Å². The van der Waals surface area contributed by atoms with Crippen LogP contribution >= 0.6 is 0 Å². The average molecular weight is 555 g/mol. The van der Waals surface area contributed by atoms with E-state index in [0.717, 1.165) is 0 Å². The fourth-order valence-electron chi connectivity index (χ4n) is 3.79. The number of benzene rings is 2. The summed E-state index contributed by atoms with van der Waals surface area (Å²) in [5.74, 6) is 0.335. The molecule has 13 heteroatoms. The Bertz CT molecular complexity index is 1530. The van der Waals surface area contributed by atoms with Gasteiger partial charge < -0.3 is 30.4 Å². The van der Waals surface area contributed by atoms with Crippen LogP contribution in [0.25, 0.3) is 34.3 Å². The van der Waals surface area contributed by atoms with Crippen molar-refractivity contribution in [3.8, 4) is 34.3 Å². The molecule has 0 radical (unpaired) electrons. The first-order valence-electron chi connectivity index (χ1n) is 12.0. The summed E-state index contributed by atoms with van der Waals surface area (Å²) in [4.78, 5) is 10.5. The molecule has 0 aliphatic rings. The van der Waals surface area contributed by atoms with Gasteiger partial charge in [-0.05, 0) is 50.2 Å². The maximum absolute atomic E-state index is 12.4. The zero-order valence-corrected chi connectivity index (χ0v) is 22.5. The minimum atomic E-state index is -3.40. The van der Waals surface area contributed by atoms with Crippen molar-refractivity contribution in [1.82, 2.24) is 20.2 Å². The van der Waals surface area contributed by atoms with Gasteiger partial charge in [0, 0.05) is 23.9 Å². The number of rotatable bonds is 10. The molecule has 0 unspecified atom stereocenters. The van der Waals surface area contributed by atoms with Crippen LogP contribution in [0, 0.1) is 0 Å². The molecule has 0 aliphatic heterocycles. The minimum absolute atomic E-state index is 0.0527. The second-order valence-corrected chi connectivity index (χ2v) is 11.8. The lowest BCUT2D eigenvalue weighted by molar-refractivity contribution is 0.0662. The highest BCUT2D eigenvalue weighted by Crippen LogP contribution is 2.30. The summed E-state index contributed by atoms with van der Waals surface area (Å²) in [6.07, 6.45) is 1.47. The van der Waals surface area contributed by atoms with E-state index in [1.807, 2.05) is 0 Å². The Morgan fingerprint density at radius 3 is 2.05 bits per heavy atom. The summed E-state index contributed by atoms with van der Waals surface area (Å²) in [5.41, 5.74) is 7.33. The van der Waals surface area contributed by atoms with Crippen molar-refractivity contribution in [3.05, 3.63) is 54.7 Å². The molecule has 0 saturated heterocycles. The molecule has 0 bridgehead atoms. The first-order valence-corrected chi connectivity index (χ1v) is 13.6. The molecule has 0 spiro atoms. The third-order valence-electron chi connectivity index (χ3n) is 6.62. The lowest BCUT2D eigenvalue weighted by Crippen LogP contribution is -2.55. The fraction of sp³-hybridized carbons (Fsp3) is 0.308. The molecule has 39 heavy (non-hydrogen) atoms. The van der Waals surface area contributed by atoms with Crippen LogP contribution in [0.3, 0.4) is 0 Å². The van der Waals surface area contributed by atoms with Crippen LogP contribution in [0.5, 0.6) is 0 Å². The Hall–Kier alpha value is -3.91. The van der Waals surface area contributed by atoms with Gasteiger partial charge in [0.15, 0.2) is 21.3 Å². The van der Waals surface area contributed by atoms with Crippen LogP contribution in [0.1, 0.15) is 13.8 Å². The molecule has 0 saturated carbocycles. The third-order valence-corrected chi connectivity index (χ3v) is 8.79. The van der Waals surface area contributed by atoms with Gasteiger partial charge in [-0.1, -0.05) is 12.1 Å². The van der Waals surface area contributed by atoms with Crippen LogP contribution in [0.4, 0.5) is 11.5 Å². The van der Waals surface area contributed by atoms with Crippen molar-refractivity contribution in [2.45, 2.75) is 29.5 Å². The lowest BCUT2D eigenvalue weighted by Gasteiger charge is -2.39. The summed E-state index contributed by atoms with van der Waals surface area (Å²) in [7, 11) is -1.74. The number of aromatic nitrogens is 4. The van der Waals surface area contributed by atoms with Crippen molar-refractivity contribution in [2.75, 3.05) is 37.5 Å². The second kappa shape index (κ2) is 11.1. The number of hydrogen-bond acceptors (Lipinski definition) is 12. The zero-order valence-electron chi connectivity index (χ0n) is 21.7. The van der Waals surface area contributed by atoms with Crippen LogP contribution in [0.2, 0.25) is 0 Å². The van der Waals surface area contributed by atoms with Crippen molar-refractivity contribution >= 4 is 21.3 Å². The fourth-order valence-corrected chi connectivity index (χ4v) is 4.85. The van der Waals surface area contributed by atoms with Gasteiger partial charge in [-0.25, -0.2) is 18.4 Å². The number of nitrogens with zero attached hydrogens (tertiary/aromatic N) is 5. The smallest absolute Gasteiger partial charge is 0.270 e. The van der Waals surface area contributed by atoms with Gasteiger partial charge in [0.05, 0.1) is 41.9 Å². The second-order valence-electron chi connectivity index (χ2n) is 9.32. The quantitative estimate of drug-likeness (QED) is 0.223. The summed E-state index contributed by atoms with van der Waals surface area (Å²) in [6.45, 7) is 1.95. The van der Waals surface area contributed by atoms with E-state index in [2.05, 4.69) is 20.2 Å². The Labute approximate surface area is 225 Å². The summed E-state index contributed by atoms with van der Waals surface area (Å²) in [6, 6.07) is 13.3. The maximum Gasteiger partial charge on any atom is 0.270 e. The molecule has 0 aliphatic carbocycles. The minimum Gasteiger partial charge on any atom is -0.414 e. The van der Waals surface area contributed by atoms with Gasteiger partial charge in [0.1, 0.15) is 5.54 Å². The largest absolute Gasteiger partial charge is 0.414 e. The average Bonchev–Trinajstić information content (AvgIpc) is 3.45. The number of nitrogens with two attached hydrogens (primary N) is 1. The Balaban J connectivity index is 1.60. The number of nitrogen functional groups attached to an aromatic ring is 1. The van der Waals surface area contributed by atoms with E-state index in [1.54, 1.807) is 62.2 Å².